The Morgan fingerprint density at radius 1 is 1.33 bits per heavy atom. The van der Waals surface area contributed by atoms with E-state index in [1.165, 1.54) is 17.0 Å². The van der Waals surface area contributed by atoms with Gasteiger partial charge in [0.2, 0.25) is 11.8 Å². The van der Waals surface area contributed by atoms with Crippen molar-refractivity contribution < 1.29 is 14.0 Å². The van der Waals surface area contributed by atoms with Crippen LogP contribution in [-0.2, 0) is 9.59 Å². The summed E-state index contributed by atoms with van der Waals surface area (Å²) < 4.78 is 13.7. The lowest BCUT2D eigenvalue weighted by Crippen LogP contribution is -2.60. The van der Waals surface area contributed by atoms with Crippen LogP contribution in [0.2, 0.25) is 0 Å². The van der Waals surface area contributed by atoms with Crippen LogP contribution < -0.4 is 10.2 Å². The van der Waals surface area contributed by atoms with Crippen LogP contribution in [0.4, 0.5) is 10.1 Å². The van der Waals surface area contributed by atoms with Crippen LogP contribution in [0.15, 0.2) is 24.3 Å². The second-order valence-electron chi connectivity index (χ2n) is 4.66. The van der Waals surface area contributed by atoms with Crippen molar-refractivity contribution in [2.45, 2.75) is 19.9 Å². The Morgan fingerprint density at radius 3 is 2.61 bits per heavy atom. The van der Waals surface area contributed by atoms with Crippen LogP contribution in [-0.4, -0.2) is 24.4 Å². The van der Waals surface area contributed by atoms with Crippen molar-refractivity contribution in [3.05, 3.63) is 30.1 Å². The molecule has 5 heteroatoms. The van der Waals surface area contributed by atoms with E-state index in [4.69, 9.17) is 0 Å². The van der Waals surface area contributed by atoms with E-state index in [1.54, 1.807) is 12.1 Å². The first-order valence-corrected chi connectivity index (χ1v) is 5.86. The van der Waals surface area contributed by atoms with E-state index >= 15 is 0 Å². The van der Waals surface area contributed by atoms with Gasteiger partial charge in [0.15, 0.2) is 0 Å². The topological polar surface area (TPSA) is 49.4 Å². The minimum absolute atomic E-state index is 0.0315. The van der Waals surface area contributed by atoms with Gasteiger partial charge in [0, 0.05) is 0 Å². The van der Waals surface area contributed by atoms with Crippen LogP contribution in [0.1, 0.15) is 13.8 Å². The Labute approximate surface area is 105 Å². The van der Waals surface area contributed by atoms with E-state index < -0.39 is 11.9 Å². The molecule has 0 bridgehead atoms. The van der Waals surface area contributed by atoms with E-state index in [0.717, 1.165) is 0 Å². The molecular formula is C13H15FN2O2. The molecule has 18 heavy (non-hydrogen) atoms. The van der Waals surface area contributed by atoms with Crippen LogP contribution >= 0.6 is 0 Å². The number of halogens is 1. The minimum Gasteiger partial charge on any atom is -0.342 e. The van der Waals surface area contributed by atoms with Gasteiger partial charge in [0.1, 0.15) is 18.4 Å². The van der Waals surface area contributed by atoms with Crippen LogP contribution in [0, 0.1) is 11.7 Å². The molecule has 0 spiro atoms. The molecule has 1 saturated heterocycles. The number of nitrogens with zero attached hydrogens (tertiary/aromatic N) is 1. The molecule has 0 aliphatic carbocycles. The third kappa shape index (κ3) is 2.20. The van der Waals surface area contributed by atoms with Gasteiger partial charge in [-0.15, -0.1) is 0 Å². The lowest BCUT2D eigenvalue weighted by Gasteiger charge is -2.34. The van der Waals surface area contributed by atoms with Gasteiger partial charge in [-0.3, -0.25) is 14.5 Å². The van der Waals surface area contributed by atoms with Crippen LogP contribution in [0.25, 0.3) is 0 Å². The van der Waals surface area contributed by atoms with Gasteiger partial charge in [-0.2, -0.15) is 0 Å². The number of benzene rings is 1. The zero-order chi connectivity index (χ0) is 13.3. The van der Waals surface area contributed by atoms with Gasteiger partial charge in [0.05, 0.1) is 5.69 Å². The number of rotatable bonds is 2. The first-order chi connectivity index (χ1) is 8.50. The first-order valence-electron chi connectivity index (χ1n) is 5.86. The van der Waals surface area contributed by atoms with Crippen molar-refractivity contribution in [2.75, 3.05) is 11.4 Å². The van der Waals surface area contributed by atoms with Crippen LogP contribution in [0.5, 0.6) is 0 Å². The van der Waals surface area contributed by atoms with E-state index in [1.807, 2.05) is 13.8 Å². The Hall–Kier alpha value is -1.91. The third-order valence-corrected chi connectivity index (χ3v) is 2.96. The quantitative estimate of drug-likeness (QED) is 0.860. The molecule has 1 aliphatic heterocycles. The number of piperazine rings is 1. The fraction of sp³-hybridized carbons (Fsp3) is 0.385. The lowest BCUT2D eigenvalue weighted by molar-refractivity contribution is -0.132. The number of hydrogen-bond donors (Lipinski definition) is 1. The smallest absolute Gasteiger partial charge is 0.250 e. The van der Waals surface area contributed by atoms with Crippen LogP contribution in [0.3, 0.4) is 0 Å². The number of hydrogen-bond acceptors (Lipinski definition) is 2. The zero-order valence-corrected chi connectivity index (χ0v) is 10.3. The van der Waals surface area contributed by atoms with Crippen molar-refractivity contribution in [3.8, 4) is 0 Å². The summed E-state index contributed by atoms with van der Waals surface area (Å²) in [6, 6.07) is 5.38. The summed E-state index contributed by atoms with van der Waals surface area (Å²) in [5.41, 5.74) is 0.156. The highest BCUT2D eigenvalue weighted by Gasteiger charge is 2.36. The molecule has 1 aromatic rings. The summed E-state index contributed by atoms with van der Waals surface area (Å²) >= 11 is 0. The van der Waals surface area contributed by atoms with Crippen molar-refractivity contribution >= 4 is 17.5 Å². The van der Waals surface area contributed by atoms with Crippen molar-refractivity contribution in [2.24, 2.45) is 5.92 Å². The molecule has 1 aliphatic rings. The Morgan fingerprint density at radius 2 is 2.00 bits per heavy atom. The molecule has 0 aromatic heterocycles. The van der Waals surface area contributed by atoms with Gasteiger partial charge in [0.25, 0.3) is 0 Å². The maximum Gasteiger partial charge on any atom is 0.250 e. The number of carbonyl (C=O) groups excluding carboxylic acids is 2. The summed E-state index contributed by atoms with van der Waals surface area (Å²) in [5, 5.41) is 2.63. The minimum atomic E-state index is -0.592. The van der Waals surface area contributed by atoms with Crippen molar-refractivity contribution in [1.82, 2.24) is 5.32 Å². The maximum absolute atomic E-state index is 13.7. The number of nitrogens with one attached hydrogen (secondary N) is 1. The summed E-state index contributed by atoms with van der Waals surface area (Å²) in [5.74, 6) is -1.06. The predicted octanol–water partition coefficient (Wildman–Crippen LogP) is 1.31. The summed E-state index contributed by atoms with van der Waals surface area (Å²) in [4.78, 5) is 25.0. The molecule has 0 saturated carbocycles. The van der Waals surface area contributed by atoms with Crippen molar-refractivity contribution in [1.29, 1.82) is 0 Å². The largest absolute Gasteiger partial charge is 0.342 e. The fourth-order valence-corrected chi connectivity index (χ4v) is 2.00. The molecular weight excluding hydrogens is 235 g/mol. The number of amides is 2. The Kier molecular flexibility index (Phi) is 3.32. The maximum atomic E-state index is 13.7. The number of anilines is 1. The number of carbonyl (C=O) groups is 2. The molecule has 1 fully saturated rings. The monoisotopic (exact) mass is 250 g/mol. The standard InChI is InChI=1S/C13H15FN2O2/c1-8(2)12-13(18)16(7-11(17)15-12)10-6-4-3-5-9(10)14/h3-6,8,12H,7H2,1-2H3,(H,15,17). The van der Waals surface area contributed by atoms with E-state index in [0.29, 0.717) is 0 Å². The van der Waals surface area contributed by atoms with Gasteiger partial charge < -0.3 is 5.32 Å². The molecule has 2 amide bonds. The Balaban J connectivity index is 2.35. The molecule has 1 heterocycles. The van der Waals surface area contributed by atoms with Gasteiger partial charge in [-0.05, 0) is 18.1 Å². The average Bonchev–Trinajstić information content (AvgIpc) is 2.32. The van der Waals surface area contributed by atoms with Gasteiger partial charge in [-0.1, -0.05) is 26.0 Å². The second kappa shape index (κ2) is 4.76. The summed E-state index contributed by atoms with van der Waals surface area (Å²) in [7, 11) is 0. The van der Waals surface area contributed by atoms with Gasteiger partial charge in [-0.25, -0.2) is 4.39 Å². The Bertz CT molecular complexity index is 488. The summed E-state index contributed by atoms with van der Waals surface area (Å²) in [6.07, 6.45) is 0. The molecule has 1 unspecified atom stereocenters. The molecule has 1 aromatic carbocycles. The SMILES string of the molecule is CC(C)C1NC(=O)CN(c2ccccc2F)C1=O. The van der Waals surface area contributed by atoms with Crippen molar-refractivity contribution in [3.63, 3.8) is 0 Å². The lowest BCUT2D eigenvalue weighted by atomic mass is 10.0. The normalized spacial score (nSPS) is 20.2. The molecule has 4 nitrogen and oxygen atoms in total. The van der Waals surface area contributed by atoms with Gasteiger partial charge >= 0.3 is 0 Å². The molecule has 0 radical (unpaired) electrons. The molecule has 2 rings (SSSR count). The highest BCUT2D eigenvalue weighted by Crippen LogP contribution is 2.22. The fourth-order valence-electron chi connectivity index (χ4n) is 2.00. The second-order valence-corrected chi connectivity index (χ2v) is 4.66. The highest BCUT2D eigenvalue weighted by molar-refractivity contribution is 6.06. The third-order valence-electron chi connectivity index (χ3n) is 2.96. The molecule has 1 atom stereocenters. The molecule has 96 valence electrons. The van der Waals surface area contributed by atoms with E-state index in [-0.39, 0.29) is 30.0 Å². The average molecular weight is 250 g/mol. The number of para-hydroxylation sites is 1. The van der Waals surface area contributed by atoms with E-state index in [2.05, 4.69) is 5.32 Å². The highest BCUT2D eigenvalue weighted by atomic mass is 19.1. The summed E-state index contributed by atoms with van der Waals surface area (Å²) in [6.45, 7) is 3.55. The zero-order valence-electron chi connectivity index (χ0n) is 10.3. The first kappa shape index (κ1) is 12.5. The predicted molar refractivity (Wildman–Crippen MR) is 65.5 cm³/mol. The van der Waals surface area contributed by atoms with E-state index in [9.17, 15) is 14.0 Å². The molecule has 1 N–H and O–H groups in total.